The molecule has 2 aliphatic rings. The Kier molecular flexibility index (Phi) is 3.42. The standard InChI is InChI=1S/C11H22N2O/c1-9-8-13(7-6-12)10-4-2-3-5-11(10)14-9/h9-11H,2-8,12H2,1H3. The molecule has 1 aliphatic carbocycles. The van der Waals surface area contributed by atoms with Crippen LogP contribution < -0.4 is 5.73 Å². The molecule has 82 valence electrons. The van der Waals surface area contributed by atoms with Gasteiger partial charge in [-0.3, -0.25) is 4.90 Å². The van der Waals surface area contributed by atoms with Gasteiger partial charge < -0.3 is 10.5 Å². The lowest BCUT2D eigenvalue weighted by atomic mass is 9.89. The molecule has 3 nitrogen and oxygen atoms in total. The molecule has 0 amide bonds. The van der Waals surface area contributed by atoms with Crippen molar-refractivity contribution in [2.75, 3.05) is 19.6 Å². The molecule has 0 bridgehead atoms. The number of nitrogens with two attached hydrogens (primary N) is 1. The molecule has 1 saturated heterocycles. The predicted molar refractivity (Wildman–Crippen MR) is 57.2 cm³/mol. The summed E-state index contributed by atoms with van der Waals surface area (Å²) in [5.74, 6) is 0. The first kappa shape index (κ1) is 10.4. The maximum absolute atomic E-state index is 5.98. The maximum Gasteiger partial charge on any atom is 0.0734 e. The highest BCUT2D eigenvalue weighted by Crippen LogP contribution is 2.29. The fourth-order valence-electron chi connectivity index (χ4n) is 2.88. The third-order valence-electron chi connectivity index (χ3n) is 3.45. The van der Waals surface area contributed by atoms with Crippen LogP contribution in [0.3, 0.4) is 0 Å². The van der Waals surface area contributed by atoms with Crippen molar-refractivity contribution in [2.24, 2.45) is 5.73 Å². The second kappa shape index (κ2) is 4.60. The van der Waals surface area contributed by atoms with Gasteiger partial charge in [-0.1, -0.05) is 12.8 Å². The number of ether oxygens (including phenoxy) is 1. The lowest BCUT2D eigenvalue weighted by Crippen LogP contribution is -2.56. The van der Waals surface area contributed by atoms with Crippen molar-refractivity contribution in [2.45, 2.75) is 50.9 Å². The highest BCUT2D eigenvalue weighted by molar-refractivity contribution is 4.89. The van der Waals surface area contributed by atoms with Gasteiger partial charge in [0.05, 0.1) is 12.2 Å². The molecular weight excluding hydrogens is 176 g/mol. The zero-order valence-corrected chi connectivity index (χ0v) is 9.11. The van der Waals surface area contributed by atoms with Gasteiger partial charge in [-0.05, 0) is 19.8 Å². The molecule has 1 saturated carbocycles. The molecule has 2 fully saturated rings. The number of nitrogens with zero attached hydrogens (tertiary/aromatic N) is 1. The molecule has 3 unspecified atom stereocenters. The number of fused-ring (bicyclic) bond motifs is 1. The highest BCUT2D eigenvalue weighted by atomic mass is 16.5. The van der Waals surface area contributed by atoms with Crippen molar-refractivity contribution in [1.82, 2.24) is 4.90 Å². The maximum atomic E-state index is 5.98. The van der Waals surface area contributed by atoms with E-state index in [4.69, 9.17) is 10.5 Å². The molecule has 0 aromatic rings. The van der Waals surface area contributed by atoms with Crippen molar-refractivity contribution < 1.29 is 4.74 Å². The number of hydrogen-bond donors (Lipinski definition) is 1. The summed E-state index contributed by atoms with van der Waals surface area (Å²) in [5.41, 5.74) is 5.64. The van der Waals surface area contributed by atoms with Crippen LogP contribution in [0.4, 0.5) is 0 Å². The van der Waals surface area contributed by atoms with E-state index in [1.165, 1.54) is 25.7 Å². The van der Waals surface area contributed by atoms with Crippen LogP contribution in [0.25, 0.3) is 0 Å². The zero-order valence-electron chi connectivity index (χ0n) is 9.11. The van der Waals surface area contributed by atoms with Gasteiger partial charge in [0.25, 0.3) is 0 Å². The van der Waals surface area contributed by atoms with Crippen LogP contribution in [0.15, 0.2) is 0 Å². The largest absolute Gasteiger partial charge is 0.372 e. The van der Waals surface area contributed by atoms with Crippen LogP contribution in [0.1, 0.15) is 32.6 Å². The number of morpholine rings is 1. The Morgan fingerprint density at radius 1 is 1.36 bits per heavy atom. The van der Waals surface area contributed by atoms with E-state index in [0.29, 0.717) is 18.2 Å². The van der Waals surface area contributed by atoms with Crippen molar-refractivity contribution in [1.29, 1.82) is 0 Å². The Bertz CT molecular complexity index is 186. The summed E-state index contributed by atoms with van der Waals surface area (Å²) < 4.78 is 5.98. The molecule has 0 spiro atoms. The molecule has 1 aliphatic heterocycles. The van der Waals surface area contributed by atoms with Crippen LogP contribution in [-0.4, -0.2) is 42.8 Å². The lowest BCUT2D eigenvalue weighted by molar-refractivity contribution is -0.125. The summed E-state index contributed by atoms with van der Waals surface area (Å²) in [5, 5.41) is 0. The average molecular weight is 198 g/mol. The van der Waals surface area contributed by atoms with Crippen LogP contribution in [0.2, 0.25) is 0 Å². The lowest BCUT2D eigenvalue weighted by Gasteiger charge is -2.46. The Morgan fingerprint density at radius 2 is 2.14 bits per heavy atom. The van der Waals surface area contributed by atoms with E-state index in [1.807, 2.05) is 0 Å². The monoisotopic (exact) mass is 198 g/mol. The van der Waals surface area contributed by atoms with Crippen molar-refractivity contribution in [3.63, 3.8) is 0 Å². The topological polar surface area (TPSA) is 38.5 Å². The molecule has 0 aromatic heterocycles. The Balaban J connectivity index is 1.99. The molecule has 0 aromatic carbocycles. The first-order valence-corrected chi connectivity index (χ1v) is 5.91. The summed E-state index contributed by atoms with van der Waals surface area (Å²) in [7, 11) is 0. The summed E-state index contributed by atoms with van der Waals surface area (Å²) in [4.78, 5) is 2.54. The minimum Gasteiger partial charge on any atom is -0.372 e. The van der Waals surface area contributed by atoms with Gasteiger partial charge in [-0.15, -0.1) is 0 Å². The Labute approximate surface area is 86.6 Å². The number of hydrogen-bond acceptors (Lipinski definition) is 3. The molecule has 14 heavy (non-hydrogen) atoms. The van der Waals surface area contributed by atoms with Gasteiger partial charge >= 0.3 is 0 Å². The fraction of sp³-hybridized carbons (Fsp3) is 1.00. The van der Waals surface area contributed by atoms with Crippen molar-refractivity contribution in [3.05, 3.63) is 0 Å². The van der Waals surface area contributed by atoms with E-state index in [9.17, 15) is 0 Å². The molecule has 1 heterocycles. The molecule has 2 rings (SSSR count). The second-order valence-electron chi connectivity index (χ2n) is 4.62. The summed E-state index contributed by atoms with van der Waals surface area (Å²) >= 11 is 0. The molecule has 3 heteroatoms. The van der Waals surface area contributed by atoms with Crippen LogP contribution >= 0.6 is 0 Å². The normalized spacial score (nSPS) is 39.4. The molecule has 2 N–H and O–H groups in total. The Hall–Kier alpha value is -0.120. The van der Waals surface area contributed by atoms with Crippen LogP contribution in [-0.2, 0) is 4.74 Å². The fourth-order valence-corrected chi connectivity index (χ4v) is 2.88. The van der Waals surface area contributed by atoms with E-state index in [-0.39, 0.29) is 0 Å². The third-order valence-corrected chi connectivity index (χ3v) is 3.45. The van der Waals surface area contributed by atoms with Gasteiger partial charge in [0.2, 0.25) is 0 Å². The minimum atomic E-state index is 0.390. The third kappa shape index (κ3) is 2.10. The van der Waals surface area contributed by atoms with Crippen LogP contribution in [0.5, 0.6) is 0 Å². The van der Waals surface area contributed by atoms with Gasteiger partial charge in [-0.25, -0.2) is 0 Å². The van der Waals surface area contributed by atoms with Crippen molar-refractivity contribution >= 4 is 0 Å². The predicted octanol–water partition coefficient (Wildman–Crippen LogP) is 0.977. The first-order chi connectivity index (χ1) is 6.81. The van der Waals surface area contributed by atoms with E-state index < -0.39 is 0 Å². The smallest absolute Gasteiger partial charge is 0.0734 e. The molecular formula is C11H22N2O. The van der Waals surface area contributed by atoms with Gasteiger partial charge in [0.1, 0.15) is 0 Å². The molecule has 3 atom stereocenters. The average Bonchev–Trinajstić information content (AvgIpc) is 2.18. The van der Waals surface area contributed by atoms with E-state index in [2.05, 4.69) is 11.8 Å². The molecule has 0 radical (unpaired) electrons. The highest BCUT2D eigenvalue weighted by Gasteiger charge is 2.36. The van der Waals surface area contributed by atoms with E-state index >= 15 is 0 Å². The summed E-state index contributed by atoms with van der Waals surface area (Å²) in [6.45, 7) is 5.05. The SMILES string of the molecule is CC1CN(CCN)C2CCCCC2O1. The first-order valence-electron chi connectivity index (χ1n) is 5.91. The quantitative estimate of drug-likeness (QED) is 0.719. The van der Waals surface area contributed by atoms with E-state index in [1.54, 1.807) is 0 Å². The van der Waals surface area contributed by atoms with Gasteiger partial charge in [-0.2, -0.15) is 0 Å². The van der Waals surface area contributed by atoms with Gasteiger partial charge in [0, 0.05) is 25.7 Å². The minimum absolute atomic E-state index is 0.390. The van der Waals surface area contributed by atoms with E-state index in [0.717, 1.165) is 19.6 Å². The Morgan fingerprint density at radius 3 is 2.93 bits per heavy atom. The second-order valence-corrected chi connectivity index (χ2v) is 4.62. The summed E-state index contributed by atoms with van der Waals surface area (Å²) in [6, 6.07) is 0.656. The van der Waals surface area contributed by atoms with Gasteiger partial charge in [0.15, 0.2) is 0 Å². The summed E-state index contributed by atoms with van der Waals surface area (Å²) in [6.07, 6.45) is 6.12. The van der Waals surface area contributed by atoms with Crippen molar-refractivity contribution in [3.8, 4) is 0 Å². The number of rotatable bonds is 2. The van der Waals surface area contributed by atoms with Crippen LogP contribution in [0, 0.1) is 0 Å². The zero-order chi connectivity index (χ0) is 9.97.